The number of hydrogen-bond donors (Lipinski definition) is 1. The van der Waals surface area contributed by atoms with Crippen LogP contribution in [0.3, 0.4) is 0 Å². The second-order valence-corrected chi connectivity index (χ2v) is 4.16. The fourth-order valence-electron chi connectivity index (χ4n) is 1.93. The summed E-state index contributed by atoms with van der Waals surface area (Å²) in [6, 6.07) is 10.6. The molecule has 1 aromatic rings. The Bertz CT molecular complexity index is 455. The first-order valence-electron chi connectivity index (χ1n) is 5.83. The predicted octanol–water partition coefficient (Wildman–Crippen LogP) is 0.437. The Morgan fingerprint density at radius 2 is 2.22 bits per heavy atom. The summed E-state index contributed by atoms with van der Waals surface area (Å²) in [6.07, 6.45) is -0.550. The van der Waals surface area contributed by atoms with E-state index in [0.29, 0.717) is 13.2 Å². The summed E-state index contributed by atoms with van der Waals surface area (Å²) in [4.78, 5) is 13.8. The molecule has 1 heterocycles. The first kappa shape index (κ1) is 12.6. The van der Waals surface area contributed by atoms with Gasteiger partial charge in [-0.15, -0.1) is 0 Å². The van der Waals surface area contributed by atoms with E-state index in [1.807, 2.05) is 36.4 Å². The van der Waals surface area contributed by atoms with Crippen molar-refractivity contribution in [2.75, 3.05) is 19.7 Å². The molecule has 2 atom stereocenters. The zero-order valence-corrected chi connectivity index (χ0v) is 9.95. The lowest BCUT2D eigenvalue weighted by molar-refractivity contribution is -0.138. The largest absolute Gasteiger partial charge is 0.360 e. The number of carbonyl (C=O) groups excluding carboxylic acids is 1. The molecule has 2 N–H and O–H groups in total. The summed E-state index contributed by atoms with van der Waals surface area (Å²) in [6.45, 7) is 1.15. The van der Waals surface area contributed by atoms with E-state index in [1.165, 1.54) is 0 Å². The lowest BCUT2D eigenvalue weighted by Gasteiger charge is -2.31. The fourth-order valence-corrected chi connectivity index (χ4v) is 1.93. The molecule has 2 rings (SSSR count). The Hall–Kier alpha value is -1.90. The Labute approximate surface area is 106 Å². The van der Waals surface area contributed by atoms with Gasteiger partial charge in [-0.05, 0) is 5.56 Å². The van der Waals surface area contributed by atoms with Gasteiger partial charge in [0.05, 0.1) is 19.2 Å². The zero-order valence-electron chi connectivity index (χ0n) is 9.95. The minimum Gasteiger partial charge on any atom is -0.360 e. The van der Waals surface area contributed by atoms with E-state index < -0.39 is 12.1 Å². The van der Waals surface area contributed by atoms with Crippen LogP contribution in [0.4, 0.5) is 0 Å². The molecule has 1 aliphatic heterocycles. The van der Waals surface area contributed by atoms with Crippen LogP contribution in [0.5, 0.6) is 0 Å². The molecular formula is C13H15N3O2. The smallest absolute Gasteiger partial charge is 0.244 e. The molecule has 1 aliphatic rings. The molecule has 1 fully saturated rings. The molecule has 0 aliphatic carbocycles. The van der Waals surface area contributed by atoms with E-state index in [9.17, 15) is 4.79 Å². The summed E-state index contributed by atoms with van der Waals surface area (Å²) >= 11 is 0. The van der Waals surface area contributed by atoms with Crippen molar-refractivity contribution in [1.29, 1.82) is 5.26 Å². The van der Waals surface area contributed by atoms with Gasteiger partial charge in [0.15, 0.2) is 6.10 Å². The van der Waals surface area contributed by atoms with Gasteiger partial charge in [-0.1, -0.05) is 30.3 Å². The van der Waals surface area contributed by atoms with Crippen LogP contribution >= 0.6 is 0 Å². The number of amides is 1. The van der Waals surface area contributed by atoms with Crippen LogP contribution < -0.4 is 5.73 Å². The first-order valence-corrected chi connectivity index (χ1v) is 5.83. The van der Waals surface area contributed by atoms with E-state index in [0.717, 1.165) is 5.56 Å². The van der Waals surface area contributed by atoms with Crippen LogP contribution in [0.15, 0.2) is 30.3 Å². The Kier molecular flexibility index (Phi) is 3.92. The van der Waals surface area contributed by atoms with Crippen molar-refractivity contribution in [1.82, 2.24) is 4.90 Å². The number of benzene rings is 1. The van der Waals surface area contributed by atoms with Crippen LogP contribution in [0.25, 0.3) is 0 Å². The van der Waals surface area contributed by atoms with Gasteiger partial charge in [0.2, 0.25) is 5.91 Å². The van der Waals surface area contributed by atoms with Gasteiger partial charge in [0.25, 0.3) is 0 Å². The number of nitriles is 1. The summed E-state index contributed by atoms with van der Waals surface area (Å²) in [5, 5.41) is 8.80. The fraction of sp³-hybridized carbons (Fsp3) is 0.385. The number of carbonyl (C=O) groups is 1. The molecular weight excluding hydrogens is 230 g/mol. The van der Waals surface area contributed by atoms with Gasteiger partial charge >= 0.3 is 0 Å². The highest BCUT2D eigenvalue weighted by atomic mass is 16.5. The highest BCUT2D eigenvalue weighted by Gasteiger charge is 2.28. The van der Waals surface area contributed by atoms with E-state index in [2.05, 4.69) is 0 Å². The second-order valence-electron chi connectivity index (χ2n) is 4.16. The normalized spacial score (nSPS) is 21.1. The number of nitrogens with zero attached hydrogens (tertiary/aromatic N) is 2. The minimum atomic E-state index is -0.677. The molecule has 1 aromatic carbocycles. The van der Waals surface area contributed by atoms with Crippen molar-refractivity contribution in [3.8, 4) is 6.07 Å². The number of ether oxygens (including phenoxy) is 1. The van der Waals surface area contributed by atoms with Crippen molar-refractivity contribution in [3.05, 3.63) is 35.9 Å². The van der Waals surface area contributed by atoms with Gasteiger partial charge in [-0.25, -0.2) is 0 Å². The maximum Gasteiger partial charge on any atom is 0.244 e. The second kappa shape index (κ2) is 5.63. The van der Waals surface area contributed by atoms with Crippen LogP contribution in [-0.2, 0) is 9.53 Å². The van der Waals surface area contributed by atoms with Gasteiger partial charge in [0, 0.05) is 6.54 Å². The quantitative estimate of drug-likeness (QED) is 0.819. The van der Waals surface area contributed by atoms with Crippen molar-refractivity contribution < 1.29 is 9.53 Å². The first-order chi connectivity index (χ1) is 8.72. The number of morpholine rings is 1. The number of hydrogen-bond acceptors (Lipinski definition) is 4. The van der Waals surface area contributed by atoms with E-state index in [4.69, 9.17) is 15.7 Å². The highest BCUT2D eigenvalue weighted by Crippen LogP contribution is 2.15. The third kappa shape index (κ3) is 2.67. The SMILES string of the molecule is N#CC1CN(C(=O)[C@@H](N)c2ccccc2)CCO1. The average Bonchev–Trinajstić information content (AvgIpc) is 2.46. The van der Waals surface area contributed by atoms with Crippen molar-refractivity contribution >= 4 is 5.91 Å². The zero-order chi connectivity index (χ0) is 13.0. The molecule has 0 saturated carbocycles. The van der Waals surface area contributed by atoms with E-state index >= 15 is 0 Å². The molecule has 0 bridgehead atoms. The molecule has 94 valence electrons. The average molecular weight is 245 g/mol. The lowest BCUT2D eigenvalue weighted by atomic mass is 10.1. The molecule has 1 saturated heterocycles. The van der Waals surface area contributed by atoms with Gasteiger partial charge in [-0.2, -0.15) is 5.26 Å². The third-order valence-electron chi connectivity index (χ3n) is 2.95. The standard InChI is InChI=1S/C13H15N3O2/c14-8-11-9-16(6-7-18-11)13(17)12(15)10-4-2-1-3-5-10/h1-5,11-12H,6-7,9,15H2/t11?,12-/m0/s1. The maximum absolute atomic E-state index is 12.2. The van der Waals surface area contributed by atoms with Crippen molar-refractivity contribution in [2.24, 2.45) is 5.73 Å². The summed E-state index contributed by atoms with van der Waals surface area (Å²) in [7, 11) is 0. The van der Waals surface area contributed by atoms with Crippen molar-refractivity contribution in [2.45, 2.75) is 12.1 Å². The minimum absolute atomic E-state index is 0.162. The predicted molar refractivity (Wildman–Crippen MR) is 65.3 cm³/mol. The molecule has 1 amide bonds. The molecule has 18 heavy (non-hydrogen) atoms. The van der Waals surface area contributed by atoms with Crippen LogP contribution in [0.1, 0.15) is 11.6 Å². The van der Waals surface area contributed by atoms with E-state index in [1.54, 1.807) is 4.90 Å². The Balaban J connectivity index is 2.05. The molecule has 0 radical (unpaired) electrons. The highest BCUT2D eigenvalue weighted by molar-refractivity contribution is 5.83. The molecule has 0 spiro atoms. The summed E-state index contributed by atoms with van der Waals surface area (Å²) in [5.74, 6) is -0.162. The topological polar surface area (TPSA) is 79.4 Å². The summed E-state index contributed by atoms with van der Waals surface area (Å²) in [5.41, 5.74) is 6.72. The Morgan fingerprint density at radius 1 is 1.50 bits per heavy atom. The van der Waals surface area contributed by atoms with Gasteiger partial charge in [0.1, 0.15) is 6.04 Å². The van der Waals surface area contributed by atoms with Gasteiger partial charge < -0.3 is 15.4 Å². The monoisotopic (exact) mass is 245 g/mol. The van der Waals surface area contributed by atoms with Crippen molar-refractivity contribution in [3.63, 3.8) is 0 Å². The van der Waals surface area contributed by atoms with E-state index in [-0.39, 0.29) is 12.5 Å². The molecule has 0 aromatic heterocycles. The Morgan fingerprint density at radius 3 is 2.89 bits per heavy atom. The molecule has 1 unspecified atom stereocenters. The third-order valence-corrected chi connectivity index (χ3v) is 2.95. The number of rotatable bonds is 2. The van der Waals surface area contributed by atoms with Crippen LogP contribution in [-0.4, -0.2) is 36.6 Å². The maximum atomic E-state index is 12.2. The molecule has 5 heteroatoms. The van der Waals surface area contributed by atoms with Crippen LogP contribution in [0, 0.1) is 11.3 Å². The number of nitrogens with two attached hydrogens (primary N) is 1. The van der Waals surface area contributed by atoms with Crippen LogP contribution in [0.2, 0.25) is 0 Å². The van der Waals surface area contributed by atoms with Gasteiger partial charge in [-0.3, -0.25) is 4.79 Å². The molecule has 5 nitrogen and oxygen atoms in total. The lowest BCUT2D eigenvalue weighted by Crippen LogP contribution is -2.48. The summed E-state index contributed by atoms with van der Waals surface area (Å²) < 4.78 is 5.20.